The minimum atomic E-state index is -0.112. The number of halogens is 2. The van der Waals surface area contributed by atoms with Gasteiger partial charge in [-0.15, -0.1) is 10.2 Å². The Bertz CT molecular complexity index is 992. The summed E-state index contributed by atoms with van der Waals surface area (Å²) in [5, 5.41) is 12.6. The van der Waals surface area contributed by atoms with Crippen LogP contribution in [0.25, 0.3) is 0 Å². The van der Waals surface area contributed by atoms with E-state index < -0.39 is 0 Å². The summed E-state index contributed by atoms with van der Waals surface area (Å²) < 4.78 is 0. The summed E-state index contributed by atoms with van der Waals surface area (Å²) in [6.07, 6.45) is 3.43. The van der Waals surface area contributed by atoms with Crippen LogP contribution in [0.2, 0.25) is 10.0 Å². The Kier molecular flexibility index (Phi) is 5.78. The Morgan fingerprint density at radius 2 is 1.83 bits per heavy atom. The van der Waals surface area contributed by atoms with E-state index in [-0.39, 0.29) is 5.91 Å². The zero-order chi connectivity index (χ0) is 20.2. The molecule has 148 valence electrons. The van der Waals surface area contributed by atoms with Gasteiger partial charge in [0.05, 0.1) is 22.5 Å². The first kappa shape index (κ1) is 19.4. The van der Waals surface area contributed by atoms with Gasteiger partial charge in [0.2, 0.25) is 0 Å². The highest BCUT2D eigenvalue weighted by Gasteiger charge is 2.24. The van der Waals surface area contributed by atoms with Gasteiger partial charge < -0.3 is 15.1 Å². The van der Waals surface area contributed by atoms with Crippen molar-refractivity contribution in [2.75, 3.05) is 36.4 Å². The lowest BCUT2D eigenvalue weighted by molar-refractivity contribution is 0.0746. The summed E-state index contributed by atoms with van der Waals surface area (Å²) in [6.45, 7) is 2.46. The third kappa shape index (κ3) is 4.58. The van der Waals surface area contributed by atoms with Gasteiger partial charge in [0.1, 0.15) is 0 Å². The molecule has 3 aromatic rings. The van der Waals surface area contributed by atoms with E-state index in [9.17, 15) is 4.79 Å². The Labute approximate surface area is 178 Å². The van der Waals surface area contributed by atoms with Crippen molar-refractivity contribution in [3.8, 4) is 0 Å². The maximum absolute atomic E-state index is 12.8. The molecule has 4 rings (SSSR count). The Hall–Kier alpha value is -2.90. The molecule has 1 N–H and O–H groups in total. The second kappa shape index (κ2) is 8.63. The molecule has 0 unspecified atom stereocenters. The molecule has 1 aromatic carbocycles. The normalized spacial score (nSPS) is 14.0. The summed E-state index contributed by atoms with van der Waals surface area (Å²) in [7, 11) is 0. The van der Waals surface area contributed by atoms with Crippen LogP contribution >= 0.6 is 23.2 Å². The fraction of sp³-hybridized carbons (Fsp3) is 0.200. The predicted molar refractivity (Wildman–Crippen MR) is 114 cm³/mol. The number of rotatable bonds is 4. The van der Waals surface area contributed by atoms with Crippen LogP contribution < -0.4 is 10.2 Å². The number of aromatic nitrogens is 3. The van der Waals surface area contributed by atoms with Crippen molar-refractivity contribution < 1.29 is 4.79 Å². The third-order valence-corrected chi connectivity index (χ3v) is 5.20. The van der Waals surface area contributed by atoms with Gasteiger partial charge in [-0.05, 0) is 42.5 Å². The second-order valence-corrected chi connectivity index (χ2v) is 7.39. The molecule has 3 heterocycles. The molecule has 0 saturated carbocycles. The lowest BCUT2D eigenvalue weighted by Crippen LogP contribution is -2.49. The Morgan fingerprint density at radius 1 is 1.00 bits per heavy atom. The molecular formula is C20H18Cl2N6O. The van der Waals surface area contributed by atoms with Crippen LogP contribution in [-0.4, -0.2) is 52.2 Å². The van der Waals surface area contributed by atoms with Gasteiger partial charge in [0.15, 0.2) is 11.6 Å². The molecule has 0 radical (unpaired) electrons. The maximum atomic E-state index is 12.8. The van der Waals surface area contributed by atoms with Crippen molar-refractivity contribution >= 4 is 46.4 Å². The van der Waals surface area contributed by atoms with Gasteiger partial charge >= 0.3 is 0 Å². The minimum absolute atomic E-state index is 0.112. The number of hydrogen-bond donors (Lipinski definition) is 1. The van der Waals surface area contributed by atoms with Gasteiger partial charge in [-0.25, -0.2) is 0 Å². The predicted octanol–water partition coefficient (Wildman–Crippen LogP) is 3.88. The van der Waals surface area contributed by atoms with Crippen molar-refractivity contribution in [3.05, 3.63) is 70.5 Å². The number of amides is 1. The van der Waals surface area contributed by atoms with E-state index in [2.05, 4.69) is 25.4 Å². The standard InChI is InChI=1S/C20H18Cl2N6O/c21-14-3-4-17(22)16(12-14)20(29)28-10-8-27(9-11-28)19-6-5-18(25-26-19)24-15-2-1-7-23-13-15/h1-7,12-13H,8-11H2,(H,24,25). The first-order valence-corrected chi connectivity index (χ1v) is 9.86. The average Bonchev–Trinajstić information content (AvgIpc) is 2.76. The molecule has 1 aliphatic heterocycles. The number of anilines is 3. The number of hydrogen-bond acceptors (Lipinski definition) is 6. The molecule has 1 aliphatic rings. The molecule has 0 bridgehead atoms. The number of carbonyl (C=O) groups is 1. The van der Waals surface area contributed by atoms with Crippen LogP contribution in [0.4, 0.5) is 17.3 Å². The summed E-state index contributed by atoms with van der Waals surface area (Å²) in [6, 6.07) is 12.5. The van der Waals surface area contributed by atoms with Gasteiger partial charge in [0.25, 0.3) is 5.91 Å². The fourth-order valence-electron chi connectivity index (χ4n) is 3.12. The maximum Gasteiger partial charge on any atom is 0.255 e. The van der Waals surface area contributed by atoms with E-state index in [4.69, 9.17) is 23.2 Å². The van der Waals surface area contributed by atoms with Gasteiger partial charge in [0, 0.05) is 37.4 Å². The summed E-state index contributed by atoms with van der Waals surface area (Å²) in [5.41, 5.74) is 1.28. The minimum Gasteiger partial charge on any atom is -0.352 e. The molecular weight excluding hydrogens is 411 g/mol. The number of nitrogens with zero attached hydrogens (tertiary/aromatic N) is 5. The first-order valence-electron chi connectivity index (χ1n) is 9.10. The number of carbonyl (C=O) groups excluding carboxylic acids is 1. The van der Waals surface area contributed by atoms with E-state index >= 15 is 0 Å². The first-order chi connectivity index (χ1) is 14.1. The van der Waals surface area contributed by atoms with E-state index in [0.29, 0.717) is 47.6 Å². The number of pyridine rings is 1. The highest BCUT2D eigenvalue weighted by atomic mass is 35.5. The Balaban J connectivity index is 1.37. The van der Waals surface area contributed by atoms with Crippen LogP contribution in [-0.2, 0) is 0 Å². The van der Waals surface area contributed by atoms with Crippen molar-refractivity contribution in [2.24, 2.45) is 0 Å². The summed E-state index contributed by atoms with van der Waals surface area (Å²) >= 11 is 12.2. The zero-order valence-corrected chi connectivity index (χ0v) is 16.9. The van der Waals surface area contributed by atoms with Crippen LogP contribution in [0.15, 0.2) is 54.9 Å². The smallest absolute Gasteiger partial charge is 0.255 e. The zero-order valence-electron chi connectivity index (χ0n) is 15.4. The lowest BCUT2D eigenvalue weighted by Gasteiger charge is -2.35. The van der Waals surface area contributed by atoms with Gasteiger partial charge in [-0.2, -0.15) is 0 Å². The molecule has 1 saturated heterocycles. The second-order valence-electron chi connectivity index (χ2n) is 6.55. The fourth-order valence-corrected chi connectivity index (χ4v) is 3.49. The Morgan fingerprint density at radius 3 is 2.52 bits per heavy atom. The van der Waals surface area contributed by atoms with E-state index in [1.165, 1.54) is 0 Å². The molecule has 0 atom stereocenters. The molecule has 9 heteroatoms. The molecule has 29 heavy (non-hydrogen) atoms. The molecule has 7 nitrogen and oxygen atoms in total. The van der Waals surface area contributed by atoms with Crippen molar-refractivity contribution in [1.29, 1.82) is 0 Å². The van der Waals surface area contributed by atoms with E-state index in [0.717, 1.165) is 11.5 Å². The van der Waals surface area contributed by atoms with Crippen molar-refractivity contribution in [3.63, 3.8) is 0 Å². The number of benzene rings is 1. The molecule has 0 aliphatic carbocycles. The van der Waals surface area contributed by atoms with Crippen LogP contribution in [0.1, 0.15) is 10.4 Å². The highest BCUT2D eigenvalue weighted by Crippen LogP contribution is 2.23. The largest absolute Gasteiger partial charge is 0.352 e. The highest BCUT2D eigenvalue weighted by molar-refractivity contribution is 6.35. The monoisotopic (exact) mass is 428 g/mol. The number of nitrogens with one attached hydrogen (secondary N) is 1. The van der Waals surface area contributed by atoms with Crippen LogP contribution in [0.5, 0.6) is 0 Å². The van der Waals surface area contributed by atoms with Gasteiger partial charge in [-0.3, -0.25) is 9.78 Å². The summed E-state index contributed by atoms with van der Waals surface area (Å²) in [4.78, 5) is 20.7. The third-order valence-electron chi connectivity index (χ3n) is 4.63. The van der Waals surface area contributed by atoms with E-state index in [1.807, 2.05) is 24.3 Å². The molecule has 2 aromatic heterocycles. The van der Waals surface area contributed by atoms with E-state index in [1.54, 1.807) is 35.5 Å². The molecule has 1 amide bonds. The SMILES string of the molecule is O=C(c1cc(Cl)ccc1Cl)N1CCN(c2ccc(Nc3cccnc3)nn2)CC1. The lowest BCUT2D eigenvalue weighted by atomic mass is 10.1. The van der Waals surface area contributed by atoms with Gasteiger partial charge in [-0.1, -0.05) is 23.2 Å². The van der Waals surface area contributed by atoms with Crippen LogP contribution in [0.3, 0.4) is 0 Å². The summed E-state index contributed by atoms with van der Waals surface area (Å²) in [5.74, 6) is 1.31. The molecule has 0 spiro atoms. The number of piperazine rings is 1. The quantitative estimate of drug-likeness (QED) is 0.679. The van der Waals surface area contributed by atoms with Crippen LogP contribution in [0, 0.1) is 0 Å². The molecule has 1 fully saturated rings. The van der Waals surface area contributed by atoms with Crippen molar-refractivity contribution in [1.82, 2.24) is 20.1 Å². The average molecular weight is 429 g/mol. The topological polar surface area (TPSA) is 74.2 Å². The van der Waals surface area contributed by atoms with Crippen molar-refractivity contribution in [2.45, 2.75) is 0 Å².